The smallest absolute Gasteiger partial charge is 0.230 e. The Bertz CT molecular complexity index is 309. The van der Waals surface area contributed by atoms with E-state index in [9.17, 15) is 4.79 Å². The first-order valence-electron chi connectivity index (χ1n) is 7.50. The average Bonchev–Trinajstić information content (AvgIpc) is 2.60. The van der Waals surface area contributed by atoms with Crippen LogP contribution in [0.3, 0.4) is 0 Å². The van der Waals surface area contributed by atoms with E-state index < -0.39 is 0 Å². The molecule has 1 fully saturated rings. The predicted octanol–water partition coefficient (Wildman–Crippen LogP) is 3.10. The normalized spacial score (nSPS) is 19.6. The molecular weight excluding hydrogens is 236 g/mol. The number of amides is 1. The zero-order valence-electron chi connectivity index (χ0n) is 12.9. The highest BCUT2D eigenvalue weighted by atomic mass is 16.2. The Morgan fingerprint density at radius 1 is 1.26 bits per heavy atom. The van der Waals surface area contributed by atoms with Crippen LogP contribution in [0.1, 0.15) is 59.3 Å². The molecule has 0 aliphatic heterocycles. The minimum atomic E-state index is -0.340. The van der Waals surface area contributed by atoms with Crippen LogP contribution in [0.5, 0.6) is 0 Å². The molecule has 1 amide bonds. The van der Waals surface area contributed by atoms with Gasteiger partial charge in [0.25, 0.3) is 0 Å². The fourth-order valence-corrected chi connectivity index (χ4v) is 2.99. The molecule has 19 heavy (non-hydrogen) atoms. The molecule has 0 atom stereocenters. The Balaban J connectivity index is 2.99. The van der Waals surface area contributed by atoms with Gasteiger partial charge in [-0.15, -0.1) is 6.58 Å². The number of carbonyl (C=O) groups excluding carboxylic acids is 1. The van der Waals surface area contributed by atoms with Crippen LogP contribution in [-0.4, -0.2) is 29.4 Å². The Kier molecular flexibility index (Phi) is 5.60. The van der Waals surface area contributed by atoms with Crippen LogP contribution < -0.4 is 5.73 Å². The average molecular weight is 266 g/mol. The van der Waals surface area contributed by atoms with E-state index >= 15 is 0 Å². The molecule has 0 radical (unpaired) electrons. The number of rotatable bonds is 4. The number of hydrogen-bond donors (Lipinski definition) is 1. The van der Waals surface area contributed by atoms with Gasteiger partial charge in [0.15, 0.2) is 0 Å². The molecule has 1 aliphatic carbocycles. The monoisotopic (exact) mass is 266 g/mol. The molecule has 1 rings (SSSR count). The van der Waals surface area contributed by atoms with Crippen LogP contribution in [0.15, 0.2) is 12.7 Å². The summed E-state index contributed by atoms with van der Waals surface area (Å²) in [6, 6.07) is 0. The molecule has 110 valence electrons. The van der Waals surface area contributed by atoms with Gasteiger partial charge in [0, 0.05) is 18.6 Å². The zero-order valence-corrected chi connectivity index (χ0v) is 12.9. The first-order chi connectivity index (χ1) is 8.87. The second-order valence-electron chi connectivity index (χ2n) is 6.77. The van der Waals surface area contributed by atoms with Crippen molar-refractivity contribution < 1.29 is 4.79 Å². The molecule has 1 aliphatic rings. The lowest BCUT2D eigenvalue weighted by Crippen LogP contribution is -2.54. The van der Waals surface area contributed by atoms with Gasteiger partial charge < -0.3 is 10.6 Å². The third-order valence-electron chi connectivity index (χ3n) is 4.27. The highest BCUT2D eigenvalue weighted by Crippen LogP contribution is 2.37. The molecule has 0 aromatic heterocycles. The Hall–Kier alpha value is -0.830. The zero-order chi connectivity index (χ0) is 14.5. The van der Waals surface area contributed by atoms with E-state index in [1.54, 1.807) is 0 Å². The van der Waals surface area contributed by atoms with Crippen molar-refractivity contribution in [3.05, 3.63) is 12.7 Å². The third-order valence-corrected chi connectivity index (χ3v) is 4.27. The fraction of sp³-hybridized carbons (Fsp3) is 0.812. The van der Waals surface area contributed by atoms with Crippen molar-refractivity contribution in [1.82, 2.24) is 4.90 Å². The Morgan fingerprint density at radius 2 is 1.79 bits per heavy atom. The first-order valence-corrected chi connectivity index (χ1v) is 7.50. The van der Waals surface area contributed by atoms with E-state index in [1.807, 2.05) is 11.0 Å². The molecular formula is C16H30N2O. The largest absolute Gasteiger partial charge is 0.334 e. The molecule has 1 saturated carbocycles. The van der Waals surface area contributed by atoms with E-state index in [-0.39, 0.29) is 16.9 Å². The number of carbonyl (C=O) groups is 1. The van der Waals surface area contributed by atoms with Crippen molar-refractivity contribution in [1.29, 1.82) is 0 Å². The predicted molar refractivity (Wildman–Crippen MR) is 80.9 cm³/mol. The molecule has 2 N–H and O–H groups in total. The molecule has 0 aromatic rings. The minimum Gasteiger partial charge on any atom is -0.334 e. The van der Waals surface area contributed by atoms with Crippen molar-refractivity contribution in [3.8, 4) is 0 Å². The van der Waals surface area contributed by atoms with Crippen molar-refractivity contribution in [3.63, 3.8) is 0 Å². The maximum absolute atomic E-state index is 13.0. The van der Waals surface area contributed by atoms with Crippen LogP contribution in [0.4, 0.5) is 0 Å². The summed E-state index contributed by atoms with van der Waals surface area (Å²) in [4.78, 5) is 15.0. The van der Waals surface area contributed by atoms with Gasteiger partial charge in [-0.2, -0.15) is 0 Å². The second-order valence-corrected chi connectivity index (χ2v) is 6.77. The van der Waals surface area contributed by atoms with E-state index in [2.05, 4.69) is 27.4 Å². The lowest BCUT2D eigenvalue weighted by atomic mass is 9.78. The SMILES string of the molecule is C=CCN(C(=O)C1(CN)CCCCCC1)C(C)(C)C. The van der Waals surface area contributed by atoms with Gasteiger partial charge in [0.05, 0.1) is 5.41 Å². The van der Waals surface area contributed by atoms with Gasteiger partial charge in [-0.3, -0.25) is 4.79 Å². The highest BCUT2D eigenvalue weighted by Gasteiger charge is 2.42. The number of hydrogen-bond acceptors (Lipinski definition) is 2. The molecule has 0 heterocycles. The highest BCUT2D eigenvalue weighted by molar-refractivity contribution is 5.84. The third kappa shape index (κ3) is 3.82. The first kappa shape index (κ1) is 16.2. The molecule has 0 spiro atoms. The summed E-state index contributed by atoms with van der Waals surface area (Å²) >= 11 is 0. The van der Waals surface area contributed by atoms with Gasteiger partial charge in [-0.25, -0.2) is 0 Å². The van der Waals surface area contributed by atoms with Crippen LogP contribution in [0.25, 0.3) is 0 Å². The fourth-order valence-electron chi connectivity index (χ4n) is 2.99. The van der Waals surface area contributed by atoms with Crippen LogP contribution >= 0.6 is 0 Å². The van der Waals surface area contributed by atoms with E-state index in [1.165, 1.54) is 12.8 Å². The second kappa shape index (κ2) is 6.56. The maximum Gasteiger partial charge on any atom is 0.230 e. The van der Waals surface area contributed by atoms with Crippen molar-refractivity contribution in [2.24, 2.45) is 11.1 Å². The molecule has 0 aromatic carbocycles. The van der Waals surface area contributed by atoms with Gasteiger partial charge >= 0.3 is 0 Å². The Morgan fingerprint density at radius 3 is 2.16 bits per heavy atom. The van der Waals surface area contributed by atoms with Gasteiger partial charge in [-0.1, -0.05) is 31.8 Å². The molecule has 0 saturated heterocycles. The number of nitrogens with zero attached hydrogens (tertiary/aromatic N) is 1. The minimum absolute atomic E-state index is 0.181. The summed E-state index contributed by atoms with van der Waals surface area (Å²) in [6.07, 6.45) is 8.38. The summed E-state index contributed by atoms with van der Waals surface area (Å²) < 4.78 is 0. The van der Waals surface area contributed by atoms with Crippen molar-refractivity contribution >= 4 is 5.91 Å². The topological polar surface area (TPSA) is 46.3 Å². The summed E-state index contributed by atoms with van der Waals surface area (Å²) in [6.45, 7) is 11.1. The summed E-state index contributed by atoms with van der Waals surface area (Å²) in [5.74, 6) is 0.226. The lowest BCUT2D eigenvalue weighted by Gasteiger charge is -2.42. The molecule has 0 unspecified atom stereocenters. The van der Waals surface area contributed by atoms with Crippen molar-refractivity contribution in [2.45, 2.75) is 64.8 Å². The maximum atomic E-state index is 13.0. The van der Waals surface area contributed by atoms with Crippen LogP contribution in [0.2, 0.25) is 0 Å². The summed E-state index contributed by atoms with van der Waals surface area (Å²) in [7, 11) is 0. The Labute approximate surface area is 118 Å². The van der Waals surface area contributed by atoms with Gasteiger partial charge in [0.2, 0.25) is 5.91 Å². The van der Waals surface area contributed by atoms with Crippen molar-refractivity contribution in [2.75, 3.05) is 13.1 Å². The lowest BCUT2D eigenvalue weighted by molar-refractivity contribution is -0.146. The van der Waals surface area contributed by atoms with Crippen LogP contribution in [-0.2, 0) is 4.79 Å². The van der Waals surface area contributed by atoms with Gasteiger partial charge in [0.1, 0.15) is 0 Å². The quantitative estimate of drug-likeness (QED) is 0.628. The molecule has 3 heteroatoms. The summed E-state index contributed by atoms with van der Waals surface area (Å²) in [5.41, 5.74) is 5.49. The standard InChI is InChI=1S/C16H30N2O/c1-5-12-18(15(2,3)4)14(19)16(13-17)10-8-6-7-9-11-16/h5H,1,6-13,17H2,2-4H3. The van der Waals surface area contributed by atoms with Crippen LogP contribution in [0, 0.1) is 5.41 Å². The molecule has 3 nitrogen and oxygen atoms in total. The number of nitrogens with two attached hydrogens (primary N) is 1. The van der Waals surface area contributed by atoms with E-state index in [0.717, 1.165) is 25.7 Å². The summed E-state index contributed by atoms with van der Waals surface area (Å²) in [5, 5.41) is 0. The molecule has 0 bridgehead atoms. The van der Waals surface area contributed by atoms with E-state index in [4.69, 9.17) is 5.73 Å². The van der Waals surface area contributed by atoms with E-state index in [0.29, 0.717) is 13.1 Å². The van der Waals surface area contributed by atoms with Gasteiger partial charge in [-0.05, 0) is 33.6 Å².